The first-order valence-electron chi connectivity index (χ1n) is 6.25. The summed E-state index contributed by atoms with van der Waals surface area (Å²) in [7, 11) is -4.16. The topological polar surface area (TPSA) is 127 Å². The molecule has 0 heterocycles. The van der Waals surface area contributed by atoms with Crippen molar-refractivity contribution < 1.29 is 23.2 Å². The maximum Gasteiger partial charge on any atom is 0.304 e. The van der Waals surface area contributed by atoms with Gasteiger partial charge in [0.25, 0.3) is 5.69 Å². The van der Waals surface area contributed by atoms with Gasteiger partial charge in [-0.05, 0) is 12.5 Å². The van der Waals surface area contributed by atoms with Crippen LogP contribution in [-0.4, -0.2) is 30.5 Å². The van der Waals surface area contributed by atoms with E-state index in [-0.39, 0.29) is 6.42 Å². The lowest BCUT2D eigenvalue weighted by Crippen LogP contribution is -2.36. The van der Waals surface area contributed by atoms with E-state index in [4.69, 9.17) is 5.11 Å². The fourth-order valence-corrected chi connectivity index (χ4v) is 3.32. The predicted octanol–water partition coefficient (Wildman–Crippen LogP) is 1.52. The van der Waals surface area contributed by atoms with Crippen LogP contribution in [0.2, 0.25) is 0 Å². The predicted molar refractivity (Wildman–Crippen MR) is 74.4 cm³/mol. The van der Waals surface area contributed by atoms with E-state index in [0.29, 0.717) is 12.8 Å². The Labute approximate surface area is 122 Å². The van der Waals surface area contributed by atoms with E-state index < -0.39 is 37.5 Å². The lowest BCUT2D eigenvalue weighted by molar-refractivity contribution is -0.387. The van der Waals surface area contributed by atoms with E-state index in [9.17, 15) is 23.3 Å². The monoisotopic (exact) mass is 316 g/mol. The zero-order valence-electron chi connectivity index (χ0n) is 11.4. The Morgan fingerprint density at radius 2 is 2.05 bits per heavy atom. The number of rotatable bonds is 8. The highest BCUT2D eigenvalue weighted by atomic mass is 32.2. The van der Waals surface area contributed by atoms with Crippen molar-refractivity contribution in [2.45, 2.75) is 37.1 Å². The number of nitro groups is 1. The molecule has 1 unspecified atom stereocenters. The molecule has 0 saturated heterocycles. The molecule has 0 spiro atoms. The maximum absolute atomic E-state index is 12.2. The van der Waals surface area contributed by atoms with E-state index in [0.717, 1.165) is 12.1 Å². The van der Waals surface area contributed by atoms with Crippen LogP contribution in [-0.2, 0) is 14.8 Å². The number of nitro benzene ring substituents is 1. The van der Waals surface area contributed by atoms with E-state index >= 15 is 0 Å². The molecule has 9 heteroatoms. The standard InChI is InChI=1S/C12H16N2O6S/c1-2-5-9(8-12(15)16)13-21(19,20)11-7-4-3-6-10(11)14(17)18/h3-4,6-7,9,13H,2,5,8H2,1H3,(H,15,16). The lowest BCUT2D eigenvalue weighted by atomic mass is 10.1. The summed E-state index contributed by atoms with van der Waals surface area (Å²) in [6.07, 6.45) is 0.525. The fourth-order valence-electron chi connectivity index (χ4n) is 1.88. The molecule has 0 aromatic heterocycles. The first-order chi connectivity index (χ1) is 9.77. The lowest BCUT2D eigenvalue weighted by Gasteiger charge is -2.16. The molecule has 0 aliphatic rings. The number of sulfonamides is 1. The molecule has 8 nitrogen and oxygen atoms in total. The van der Waals surface area contributed by atoms with Gasteiger partial charge in [-0.1, -0.05) is 25.5 Å². The summed E-state index contributed by atoms with van der Waals surface area (Å²) in [4.78, 5) is 20.4. The van der Waals surface area contributed by atoms with Crippen LogP contribution in [0.25, 0.3) is 0 Å². The van der Waals surface area contributed by atoms with E-state index in [1.807, 2.05) is 0 Å². The average molecular weight is 316 g/mol. The van der Waals surface area contributed by atoms with Crippen LogP contribution in [0.4, 0.5) is 5.69 Å². The van der Waals surface area contributed by atoms with Crippen molar-refractivity contribution >= 4 is 21.7 Å². The number of nitrogens with one attached hydrogen (secondary N) is 1. The number of carboxylic acid groups (broad SMARTS) is 1. The molecule has 0 radical (unpaired) electrons. The van der Waals surface area contributed by atoms with Crippen molar-refractivity contribution in [3.63, 3.8) is 0 Å². The summed E-state index contributed by atoms with van der Waals surface area (Å²) in [5.74, 6) is -1.14. The van der Waals surface area contributed by atoms with Gasteiger partial charge in [0.05, 0.1) is 11.3 Å². The largest absolute Gasteiger partial charge is 0.481 e. The Morgan fingerprint density at radius 3 is 2.57 bits per heavy atom. The summed E-state index contributed by atoms with van der Waals surface area (Å²) >= 11 is 0. The number of hydrogen-bond acceptors (Lipinski definition) is 5. The summed E-state index contributed by atoms with van der Waals surface area (Å²) in [5, 5.41) is 19.7. The minimum Gasteiger partial charge on any atom is -0.481 e. The van der Waals surface area contributed by atoms with Crippen molar-refractivity contribution in [3.05, 3.63) is 34.4 Å². The molecule has 1 rings (SSSR count). The van der Waals surface area contributed by atoms with Crippen LogP contribution in [0, 0.1) is 10.1 Å². The third kappa shape index (κ3) is 4.80. The van der Waals surface area contributed by atoms with Gasteiger partial charge in [-0.25, -0.2) is 13.1 Å². The van der Waals surface area contributed by atoms with Crippen molar-refractivity contribution in [2.24, 2.45) is 0 Å². The van der Waals surface area contributed by atoms with Crippen molar-refractivity contribution in [2.75, 3.05) is 0 Å². The number of nitrogens with zero attached hydrogens (tertiary/aromatic N) is 1. The highest BCUT2D eigenvalue weighted by Crippen LogP contribution is 2.23. The zero-order chi connectivity index (χ0) is 16.0. The molecule has 1 aromatic carbocycles. The molecule has 116 valence electrons. The van der Waals surface area contributed by atoms with Gasteiger partial charge in [-0.15, -0.1) is 0 Å². The number of benzene rings is 1. The summed E-state index contributed by atoms with van der Waals surface area (Å²) < 4.78 is 26.7. The second-order valence-electron chi connectivity index (χ2n) is 4.43. The minimum atomic E-state index is -4.16. The van der Waals surface area contributed by atoms with Crippen LogP contribution < -0.4 is 4.72 Å². The quantitative estimate of drug-likeness (QED) is 0.553. The molecular weight excluding hydrogens is 300 g/mol. The Hall–Kier alpha value is -2.00. The second-order valence-corrected chi connectivity index (χ2v) is 6.11. The van der Waals surface area contributed by atoms with Crippen LogP contribution in [0.15, 0.2) is 29.2 Å². The van der Waals surface area contributed by atoms with Crippen LogP contribution in [0.5, 0.6) is 0 Å². The first kappa shape index (κ1) is 17.1. The molecule has 1 aromatic rings. The van der Waals surface area contributed by atoms with Gasteiger partial charge in [-0.2, -0.15) is 0 Å². The molecular formula is C12H16N2O6S. The van der Waals surface area contributed by atoms with Gasteiger partial charge < -0.3 is 5.11 Å². The summed E-state index contributed by atoms with van der Waals surface area (Å²) in [6, 6.07) is 4.12. The molecule has 0 bridgehead atoms. The average Bonchev–Trinajstić information content (AvgIpc) is 2.37. The smallest absolute Gasteiger partial charge is 0.304 e. The molecule has 2 N–H and O–H groups in total. The summed E-state index contributed by atoms with van der Waals surface area (Å²) in [6.45, 7) is 1.79. The zero-order valence-corrected chi connectivity index (χ0v) is 12.2. The number of hydrogen-bond donors (Lipinski definition) is 2. The maximum atomic E-state index is 12.2. The third-order valence-electron chi connectivity index (χ3n) is 2.73. The Bertz CT molecular complexity index is 628. The minimum absolute atomic E-state index is 0.326. The van der Waals surface area contributed by atoms with Crippen molar-refractivity contribution in [1.29, 1.82) is 0 Å². The fraction of sp³-hybridized carbons (Fsp3) is 0.417. The van der Waals surface area contributed by atoms with E-state index in [2.05, 4.69) is 4.72 Å². The Balaban J connectivity index is 3.10. The molecule has 0 aliphatic heterocycles. The highest BCUT2D eigenvalue weighted by molar-refractivity contribution is 7.89. The normalized spacial score (nSPS) is 12.8. The third-order valence-corrected chi connectivity index (χ3v) is 4.30. The first-order valence-corrected chi connectivity index (χ1v) is 7.73. The molecule has 0 saturated carbocycles. The number of carboxylic acids is 1. The highest BCUT2D eigenvalue weighted by Gasteiger charge is 2.28. The van der Waals surface area contributed by atoms with Gasteiger partial charge in [0, 0.05) is 12.1 Å². The number of para-hydroxylation sites is 1. The summed E-state index contributed by atoms with van der Waals surface area (Å²) in [5.41, 5.74) is -0.546. The van der Waals surface area contributed by atoms with Crippen LogP contribution in [0.1, 0.15) is 26.2 Å². The van der Waals surface area contributed by atoms with Crippen molar-refractivity contribution in [1.82, 2.24) is 4.72 Å². The van der Waals surface area contributed by atoms with E-state index in [1.54, 1.807) is 6.92 Å². The van der Waals surface area contributed by atoms with Gasteiger partial charge >= 0.3 is 5.97 Å². The van der Waals surface area contributed by atoms with Gasteiger partial charge in [-0.3, -0.25) is 14.9 Å². The molecule has 0 amide bonds. The molecule has 0 fully saturated rings. The number of carbonyl (C=O) groups is 1. The van der Waals surface area contributed by atoms with E-state index in [1.165, 1.54) is 12.1 Å². The Kier molecular flexibility index (Phi) is 5.79. The molecule has 21 heavy (non-hydrogen) atoms. The van der Waals surface area contributed by atoms with Gasteiger partial charge in [0.1, 0.15) is 0 Å². The second kappa shape index (κ2) is 7.14. The number of aliphatic carboxylic acids is 1. The van der Waals surface area contributed by atoms with Crippen molar-refractivity contribution in [3.8, 4) is 0 Å². The SMILES string of the molecule is CCCC(CC(=O)O)NS(=O)(=O)c1ccccc1[N+](=O)[O-]. The molecule has 1 atom stereocenters. The molecule has 0 aliphatic carbocycles. The van der Waals surface area contributed by atoms with Crippen LogP contribution >= 0.6 is 0 Å². The Morgan fingerprint density at radius 1 is 1.43 bits per heavy atom. The van der Waals surface area contributed by atoms with Gasteiger partial charge in [0.15, 0.2) is 4.90 Å². The van der Waals surface area contributed by atoms with Gasteiger partial charge in [0.2, 0.25) is 10.0 Å². The van der Waals surface area contributed by atoms with Crippen LogP contribution in [0.3, 0.4) is 0 Å².